The van der Waals surface area contributed by atoms with Crippen LogP contribution in [0.4, 0.5) is 14.5 Å². The molecule has 0 saturated carbocycles. The van der Waals surface area contributed by atoms with Crippen molar-refractivity contribution in [2.75, 3.05) is 38.1 Å². The van der Waals surface area contributed by atoms with Crippen LogP contribution in [0.3, 0.4) is 0 Å². The van der Waals surface area contributed by atoms with Gasteiger partial charge in [0.15, 0.2) is 5.11 Å². The number of nitrogens with zero attached hydrogens (tertiary/aromatic N) is 2. The minimum absolute atomic E-state index is 0.229. The van der Waals surface area contributed by atoms with Crippen LogP contribution in [0.15, 0.2) is 58.3 Å². The topological polar surface area (TPSA) is 61.9 Å². The molecule has 0 unspecified atom stereocenters. The van der Waals surface area contributed by atoms with E-state index in [4.69, 9.17) is 17.0 Å². The second-order valence-electron chi connectivity index (χ2n) is 6.63. The van der Waals surface area contributed by atoms with Crippen LogP contribution >= 0.6 is 24.0 Å². The summed E-state index contributed by atoms with van der Waals surface area (Å²) < 4.78 is 57.4. The van der Waals surface area contributed by atoms with Crippen LogP contribution in [0, 0.1) is 0 Å². The average Bonchev–Trinajstić information content (AvgIpc) is 2.75. The van der Waals surface area contributed by atoms with Crippen molar-refractivity contribution >= 4 is 44.8 Å². The van der Waals surface area contributed by atoms with Gasteiger partial charge in [-0.1, -0.05) is 11.8 Å². The lowest BCUT2D eigenvalue weighted by atomic mass is 10.3. The Bertz CT molecular complexity index is 979. The number of hydrogen-bond donors (Lipinski definition) is 1. The lowest BCUT2D eigenvalue weighted by Crippen LogP contribution is -2.51. The quantitative estimate of drug-likeness (QED) is 0.466. The van der Waals surface area contributed by atoms with Gasteiger partial charge in [0.25, 0.3) is 5.76 Å². The fraction of sp³-hybridized carbons (Fsp3) is 0.350. The van der Waals surface area contributed by atoms with E-state index in [9.17, 15) is 17.2 Å². The van der Waals surface area contributed by atoms with Crippen molar-refractivity contribution in [2.24, 2.45) is 0 Å². The summed E-state index contributed by atoms with van der Waals surface area (Å²) in [4.78, 5) is 2.59. The maximum absolute atomic E-state index is 12.9. The van der Waals surface area contributed by atoms with E-state index < -0.39 is 15.8 Å². The molecule has 1 heterocycles. The number of alkyl halides is 2. The van der Waals surface area contributed by atoms with Gasteiger partial charge in [0, 0.05) is 36.8 Å². The number of rotatable bonds is 7. The summed E-state index contributed by atoms with van der Waals surface area (Å²) in [7, 11) is -3.59. The van der Waals surface area contributed by atoms with Crippen molar-refractivity contribution in [3.63, 3.8) is 0 Å². The first kappa shape index (κ1) is 23.7. The van der Waals surface area contributed by atoms with E-state index in [0.29, 0.717) is 66.0 Å². The number of halogens is 2. The average molecular weight is 488 g/mol. The molecule has 31 heavy (non-hydrogen) atoms. The zero-order valence-corrected chi connectivity index (χ0v) is 19.3. The Morgan fingerprint density at radius 3 is 2.26 bits per heavy atom. The summed E-state index contributed by atoms with van der Waals surface area (Å²) in [6.07, 6.45) is 0. The van der Waals surface area contributed by atoms with Gasteiger partial charge in [-0.05, 0) is 67.7 Å². The van der Waals surface area contributed by atoms with Crippen molar-refractivity contribution in [3.05, 3.63) is 48.5 Å². The second-order valence-corrected chi connectivity index (χ2v) is 10.0. The second kappa shape index (κ2) is 10.6. The molecule has 0 amide bonds. The molecule has 0 atom stereocenters. The number of nitrogens with one attached hydrogen (secondary N) is 1. The van der Waals surface area contributed by atoms with Gasteiger partial charge >= 0.3 is 0 Å². The number of thioether (sulfide) groups is 1. The molecule has 0 aromatic heterocycles. The van der Waals surface area contributed by atoms with Gasteiger partial charge in [0.1, 0.15) is 5.75 Å². The molecule has 0 radical (unpaired) electrons. The third-order valence-electron chi connectivity index (χ3n) is 4.63. The predicted octanol–water partition coefficient (Wildman–Crippen LogP) is 4.10. The lowest BCUT2D eigenvalue weighted by molar-refractivity contribution is 0.252. The molecule has 0 bridgehead atoms. The number of sulfonamides is 1. The minimum atomic E-state index is -3.59. The van der Waals surface area contributed by atoms with Crippen LogP contribution in [0.5, 0.6) is 5.75 Å². The lowest BCUT2D eigenvalue weighted by Gasteiger charge is -2.35. The van der Waals surface area contributed by atoms with Gasteiger partial charge in [-0.15, -0.1) is 0 Å². The summed E-state index contributed by atoms with van der Waals surface area (Å²) in [6, 6.07) is 13.0. The summed E-state index contributed by atoms with van der Waals surface area (Å²) in [6.45, 7) is 3.89. The molecule has 1 aliphatic rings. The first-order valence-corrected chi connectivity index (χ1v) is 12.4. The molecule has 2 aromatic carbocycles. The predicted molar refractivity (Wildman–Crippen MR) is 122 cm³/mol. The zero-order valence-electron chi connectivity index (χ0n) is 16.8. The van der Waals surface area contributed by atoms with Gasteiger partial charge in [-0.3, -0.25) is 0 Å². The number of piperazine rings is 1. The number of thiocarbonyl (C=S) groups is 1. The molecule has 0 aliphatic carbocycles. The van der Waals surface area contributed by atoms with Gasteiger partial charge in [-0.2, -0.15) is 13.1 Å². The highest BCUT2D eigenvalue weighted by atomic mass is 32.2. The van der Waals surface area contributed by atoms with Gasteiger partial charge < -0.3 is 15.0 Å². The largest absolute Gasteiger partial charge is 0.494 e. The van der Waals surface area contributed by atoms with Crippen LogP contribution < -0.4 is 10.1 Å². The van der Waals surface area contributed by atoms with E-state index in [-0.39, 0.29) is 4.90 Å². The van der Waals surface area contributed by atoms with E-state index in [1.165, 1.54) is 4.31 Å². The molecule has 1 fully saturated rings. The van der Waals surface area contributed by atoms with Crippen LogP contribution in [0.2, 0.25) is 0 Å². The Balaban J connectivity index is 1.55. The van der Waals surface area contributed by atoms with E-state index in [2.05, 4.69) is 5.32 Å². The van der Waals surface area contributed by atoms with Crippen LogP contribution in [-0.4, -0.2) is 61.3 Å². The molecular weight excluding hydrogens is 464 g/mol. The minimum Gasteiger partial charge on any atom is -0.494 e. The Morgan fingerprint density at radius 2 is 1.71 bits per heavy atom. The summed E-state index contributed by atoms with van der Waals surface area (Å²) in [5.74, 6) is -1.83. The van der Waals surface area contributed by atoms with E-state index in [1.54, 1.807) is 48.5 Å². The fourth-order valence-electron chi connectivity index (χ4n) is 3.08. The molecule has 11 heteroatoms. The molecule has 3 rings (SSSR count). The molecular formula is C20H23F2N3O3S3. The maximum atomic E-state index is 12.9. The van der Waals surface area contributed by atoms with Crippen molar-refractivity contribution in [3.8, 4) is 5.75 Å². The third kappa shape index (κ3) is 6.28. The molecule has 6 nitrogen and oxygen atoms in total. The van der Waals surface area contributed by atoms with Gasteiger partial charge in [-0.25, -0.2) is 8.42 Å². The molecule has 1 aliphatic heterocycles. The molecule has 2 aromatic rings. The Kier molecular flexibility index (Phi) is 8.09. The van der Waals surface area contributed by atoms with Crippen molar-refractivity contribution in [1.82, 2.24) is 9.21 Å². The highest BCUT2D eigenvalue weighted by Crippen LogP contribution is 2.26. The monoisotopic (exact) mass is 487 g/mol. The first-order valence-electron chi connectivity index (χ1n) is 9.63. The maximum Gasteiger partial charge on any atom is 0.288 e. The van der Waals surface area contributed by atoms with Crippen molar-refractivity contribution < 1.29 is 21.9 Å². The third-order valence-corrected chi connectivity index (χ3v) is 7.62. The standard InChI is InChI=1S/C20H23F2N3O3S3/c1-2-28-16-5-9-18(10-6-16)31(26,27)25-13-11-24(12-14-25)20(29)23-15-3-7-17(8-4-15)30-19(21)22/h3-10,19H,2,11-14H2,1H3,(H,23,29). The smallest absolute Gasteiger partial charge is 0.288 e. The molecule has 0 spiro atoms. The van der Waals surface area contributed by atoms with Gasteiger partial charge in [0.05, 0.1) is 11.5 Å². The van der Waals surface area contributed by atoms with Crippen LogP contribution in [-0.2, 0) is 10.0 Å². The normalized spacial score (nSPS) is 15.2. The SMILES string of the molecule is CCOc1ccc(S(=O)(=O)N2CCN(C(=S)Nc3ccc(SC(F)F)cc3)CC2)cc1. The fourth-order valence-corrected chi connectivity index (χ4v) is 5.30. The van der Waals surface area contributed by atoms with Gasteiger partial charge in [0.2, 0.25) is 10.0 Å². The number of ether oxygens (including phenoxy) is 1. The number of hydrogen-bond acceptors (Lipinski definition) is 5. The van der Waals surface area contributed by atoms with E-state index in [0.717, 1.165) is 0 Å². The highest BCUT2D eigenvalue weighted by Gasteiger charge is 2.29. The molecule has 1 saturated heterocycles. The summed E-state index contributed by atoms with van der Waals surface area (Å²) in [5.41, 5.74) is 0.688. The highest BCUT2D eigenvalue weighted by molar-refractivity contribution is 7.99. The van der Waals surface area contributed by atoms with Crippen molar-refractivity contribution in [1.29, 1.82) is 0 Å². The molecule has 1 N–H and O–H groups in total. The summed E-state index contributed by atoms with van der Waals surface area (Å²) in [5, 5.41) is 3.54. The zero-order chi connectivity index (χ0) is 22.4. The number of benzene rings is 2. The van der Waals surface area contributed by atoms with Crippen LogP contribution in [0.25, 0.3) is 0 Å². The number of anilines is 1. The Labute approximate surface area is 190 Å². The Hall–Kier alpha value is -1.95. The summed E-state index contributed by atoms with van der Waals surface area (Å²) >= 11 is 5.92. The van der Waals surface area contributed by atoms with Crippen LogP contribution in [0.1, 0.15) is 6.92 Å². The van der Waals surface area contributed by atoms with E-state index in [1.807, 2.05) is 11.8 Å². The first-order chi connectivity index (χ1) is 14.8. The van der Waals surface area contributed by atoms with E-state index >= 15 is 0 Å². The molecule has 168 valence electrons. The Morgan fingerprint density at radius 1 is 1.10 bits per heavy atom. The van der Waals surface area contributed by atoms with Crippen molar-refractivity contribution in [2.45, 2.75) is 22.5 Å².